The van der Waals surface area contributed by atoms with Crippen LogP contribution in [0.3, 0.4) is 0 Å². The average molecular weight is 233 g/mol. The van der Waals surface area contributed by atoms with Gasteiger partial charge in [-0.2, -0.15) is 0 Å². The van der Waals surface area contributed by atoms with Crippen LogP contribution in [0.15, 0.2) is 24.3 Å². The predicted molar refractivity (Wildman–Crippen MR) is 72.3 cm³/mol. The van der Waals surface area contributed by atoms with E-state index >= 15 is 0 Å². The van der Waals surface area contributed by atoms with Crippen LogP contribution in [-0.4, -0.2) is 24.4 Å². The molecule has 0 fully saturated rings. The predicted octanol–water partition coefficient (Wildman–Crippen LogP) is 3.65. The SMILES string of the molecule is CCCCCCN(C)C(=O)c1ccccc1C. The maximum absolute atomic E-state index is 12.2. The molecule has 0 aliphatic heterocycles. The summed E-state index contributed by atoms with van der Waals surface area (Å²) in [6.07, 6.45) is 4.80. The summed E-state index contributed by atoms with van der Waals surface area (Å²) in [7, 11) is 1.89. The molecule has 2 nitrogen and oxygen atoms in total. The monoisotopic (exact) mass is 233 g/mol. The summed E-state index contributed by atoms with van der Waals surface area (Å²) in [4.78, 5) is 14.0. The van der Waals surface area contributed by atoms with Gasteiger partial charge in [0.2, 0.25) is 0 Å². The fourth-order valence-electron chi connectivity index (χ4n) is 1.90. The van der Waals surface area contributed by atoms with Gasteiger partial charge in [0.15, 0.2) is 0 Å². The van der Waals surface area contributed by atoms with Gasteiger partial charge in [-0.05, 0) is 25.0 Å². The second-order valence-electron chi connectivity index (χ2n) is 4.60. The molecule has 1 amide bonds. The standard InChI is InChI=1S/C15H23NO/c1-4-5-6-9-12-16(3)15(17)14-11-8-7-10-13(14)2/h7-8,10-11H,4-6,9,12H2,1-3H3. The van der Waals surface area contributed by atoms with Crippen molar-refractivity contribution in [3.63, 3.8) is 0 Å². The Hall–Kier alpha value is -1.31. The summed E-state index contributed by atoms with van der Waals surface area (Å²) in [5.74, 6) is 0.139. The van der Waals surface area contributed by atoms with Crippen molar-refractivity contribution in [3.8, 4) is 0 Å². The van der Waals surface area contributed by atoms with Gasteiger partial charge in [-0.15, -0.1) is 0 Å². The number of amides is 1. The Kier molecular flexibility index (Phi) is 5.75. The number of hydrogen-bond acceptors (Lipinski definition) is 1. The number of nitrogens with zero attached hydrogens (tertiary/aromatic N) is 1. The molecule has 94 valence electrons. The highest BCUT2D eigenvalue weighted by atomic mass is 16.2. The average Bonchev–Trinajstić information content (AvgIpc) is 2.34. The molecule has 0 heterocycles. The van der Waals surface area contributed by atoms with Crippen LogP contribution in [0.2, 0.25) is 0 Å². The van der Waals surface area contributed by atoms with Gasteiger partial charge < -0.3 is 4.90 Å². The largest absolute Gasteiger partial charge is 0.342 e. The van der Waals surface area contributed by atoms with E-state index in [1.807, 2.05) is 43.1 Å². The summed E-state index contributed by atoms with van der Waals surface area (Å²) in [5.41, 5.74) is 1.88. The number of unbranched alkanes of at least 4 members (excludes halogenated alkanes) is 3. The minimum absolute atomic E-state index is 0.139. The van der Waals surface area contributed by atoms with Crippen LogP contribution >= 0.6 is 0 Å². The fourth-order valence-corrected chi connectivity index (χ4v) is 1.90. The highest BCUT2D eigenvalue weighted by molar-refractivity contribution is 5.95. The van der Waals surface area contributed by atoms with E-state index in [-0.39, 0.29) is 5.91 Å². The van der Waals surface area contributed by atoms with Crippen LogP contribution in [-0.2, 0) is 0 Å². The Morgan fingerprint density at radius 3 is 2.53 bits per heavy atom. The highest BCUT2D eigenvalue weighted by Gasteiger charge is 2.12. The molecule has 2 heteroatoms. The lowest BCUT2D eigenvalue weighted by molar-refractivity contribution is 0.0792. The number of hydrogen-bond donors (Lipinski definition) is 0. The van der Waals surface area contributed by atoms with Gasteiger partial charge in [0.1, 0.15) is 0 Å². The second-order valence-corrected chi connectivity index (χ2v) is 4.60. The van der Waals surface area contributed by atoms with Crippen LogP contribution in [0.25, 0.3) is 0 Å². The lowest BCUT2D eigenvalue weighted by Gasteiger charge is -2.18. The third-order valence-corrected chi connectivity index (χ3v) is 3.07. The quantitative estimate of drug-likeness (QED) is 0.687. The molecule has 0 unspecified atom stereocenters. The molecule has 17 heavy (non-hydrogen) atoms. The first kappa shape index (κ1) is 13.8. The summed E-state index contributed by atoms with van der Waals surface area (Å²) < 4.78 is 0. The minimum Gasteiger partial charge on any atom is -0.342 e. The van der Waals surface area contributed by atoms with Crippen molar-refractivity contribution in [2.75, 3.05) is 13.6 Å². The second kappa shape index (κ2) is 7.10. The van der Waals surface area contributed by atoms with E-state index in [1.54, 1.807) is 0 Å². The molecule has 1 aromatic rings. The van der Waals surface area contributed by atoms with E-state index in [4.69, 9.17) is 0 Å². The zero-order valence-electron chi connectivity index (χ0n) is 11.2. The van der Waals surface area contributed by atoms with Crippen molar-refractivity contribution in [2.24, 2.45) is 0 Å². The van der Waals surface area contributed by atoms with Gasteiger partial charge in [0.05, 0.1) is 0 Å². The molecule has 0 aliphatic rings. The van der Waals surface area contributed by atoms with E-state index in [9.17, 15) is 4.79 Å². The normalized spacial score (nSPS) is 10.3. The number of carbonyl (C=O) groups excluding carboxylic acids is 1. The summed E-state index contributed by atoms with van der Waals surface area (Å²) in [6, 6.07) is 7.77. The zero-order valence-corrected chi connectivity index (χ0v) is 11.2. The van der Waals surface area contributed by atoms with Crippen molar-refractivity contribution < 1.29 is 4.79 Å². The first-order valence-electron chi connectivity index (χ1n) is 6.48. The molecule has 1 aromatic carbocycles. The van der Waals surface area contributed by atoms with Crippen LogP contribution < -0.4 is 0 Å². The molecule has 0 atom stereocenters. The molecule has 0 radical (unpaired) electrons. The minimum atomic E-state index is 0.139. The zero-order chi connectivity index (χ0) is 12.7. The first-order chi connectivity index (χ1) is 8.16. The smallest absolute Gasteiger partial charge is 0.253 e. The van der Waals surface area contributed by atoms with Crippen molar-refractivity contribution in [3.05, 3.63) is 35.4 Å². The highest BCUT2D eigenvalue weighted by Crippen LogP contribution is 2.10. The Morgan fingerprint density at radius 2 is 1.88 bits per heavy atom. The van der Waals surface area contributed by atoms with Crippen LogP contribution in [0.5, 0.6) is 0 Å². The number of carbonyl (C=O) groups is 1. The molecule has 0 saturated carbocycles. The number of aryl methyl sites for hydroxylation is 1. The van der Waals surface area contributed by atoms with Crippen molar-refractivity contribution in [2.45, 2.75) is 39.5 Å². The van der Waals surface area contributed by atoms with Gasteiger partial charge in [0, 0.05) is 19.2 Å². The van der Waals surface area contributed by atoms with Crippen molar-refractivity contribution in [1.29, 1.82) is 0 Å². The number of rotatable bonds is 6. The molecule has 0 bridgehead atoms. The Labute approximate surface area is 105 Å². The van der Waals surface area contributed by atoms with E-state index in [0.29, 0.717) is 0 Å². The molecule has 0 spiro atoms. The summed E-state index contributed by atoms with van der Waals surface area (Å²) in [6.45, 7) is 5.04. The Balaban J connectivity index is 2.49. The summed E-state index contributed by atoms with van der Waals surface area (Å²) >= 11 is 0. The third-order valence-electron chi connectivity index (χ3n) is 3.07. The molecule has 0 aromatic heterocycles. The Bertz CT molecular complexity index is 360. The van der Waals surface area contributed by atoms with Gasteiger partial charge >= 0.3 is 0 Å². The number of benzene rings is 1. The molecule has 0 N–H and O–H groups in total. The van der Waals surface area contributed by atoms with E-state index in [2.05, 4.69) is 6.92 Å². The van der Waals surface area contributed by atoms with Crippen molar-refractivity contribution in [1.82, 2.24) is 4.90 Å². The first-order valence-corrected chi connectivity index (χ1v) is 6.48. The van der Waals surface area contributed by atoms with E-state index < -0.39 is 0 Å². The topological polar surface area (TPSA) is 20.3 Å². The van der Waals surface area contributed by atoms with Crippen molar-refractivity contribution >= 4 is 5.91 Å². The van der Waals surface area contributed by atoms with E-state index in [1.165, 1.54) is 19.3 Å². The molecular weight excluding hydrogens is 210 g/mol. The third kappa shape index (κ3) is 4.22. The van der Waals surface area contributed by atoms with Crippen LogP contribution in [0, 0.1) is 6.92 Å². The lowest BCUT2D eigenvalue weighted by Crippen LogP contribution is -2.28. The van der Waals surface area contributed by atoms with Gasteiger partial charge in [-0.3, -0.25) is 4.79 Å². The Morgan fingerprint density at radius 1 is 1.18 bits per heavy atom. The molecule has 0 aliphatic carbocycles. The molecule has 0 saturated heterocycles. The van der Waals surface area contributed by atoms with Gasteiger partial charge in [-0.25, -0.2) is 0 Å². The molecule has 1 rings (SSSR count). The maximum Gasteiger partial charge on any atom is 0.253 e. The van der Waals surface area contributed by atoms with Crippen LogP contribution in [0.4, 0.5) is 0 Å². The van der Waals surface area contributed by atoms with E-state index in [0.717, 1.165) is 24.1 Å². The van der Waals surface area contributed by atoms with Gasteiger partial charge in [0.25, 0.3) is 5.91 Å². The fraction of sp³-hybridized carbons (Fsp3) is 0.533. The van der Waals surface area contributed by atoms with Gasteiger partial charge in [-0.1, -0.05) is 44.4 Å². The van der Waals surface area contributed by atoms with Crippen LogP contribution in [0.1, 0.15) is 48.5 Å². The molecular formula is C15H23NO. The lowest BCUT2D eigenvalue weighted by atomic mass is 10.1. The maximum atomic E-state index is 12.2. The summed E-state index contributed by atoms with van der Waals surface area (Å²) in [5, 5.41) is 0.